The van der Waals surface area contributed by atoms with E-state index >= 15 is 0 Å². The van der Waals surface area contributed by atoms with E-state index < -0.39 is 0 Å². The molecule has 0 aromatic heterocycles. The zero-order valence-electron chi connectivity index (χ0n) is 10.9. The molecule has 0 radical (unpaired) electrons. The van der Waals surface area contributed by atoms with Gasteiger partial charge in [0.25, 0.3) is 5.91 Å². The Hall–Kier alpha value is -0.870. The van der Waals surface area contributed by atoms with Crippen molar-refractivity contribution in [1.82, 2.24) is 10.2 Å². The molecule has 0 saturated carbocycles. The second-order valence-electron chi connectivity index (χ2n) is 5.48. The molecule has 2 atom stereocenters. The minimum absolute atomic E-state index is 0.0544. The smallest absolute Gasteiger partial charge is 0.251 e. The van der Waals surface area contributed by atoms with Gasteiger partial charge in [-0.25, -0.2) is 0 Å². The van der Waals surface area contributed by atoms with Gasteiger partial charge in [0, 0.05) is 28.7 Å². The van der Waals surface area contributed by atoms with E-state index in [0.29, 0.717) is 12.1 Å². The number of fused-ring (bicyclic) bond motifs is 1. The normalized spacial score (nSPS) is 27.0. The van der Waals surface area contributed by atoms with Gasteiger partial charge in [-0.3, -0.25) is 9.69 Å². The first-order valence-electron chi connectivity index (χ1n) is 7.04. The largest absolute Gasteiger partial charge is 0.348 e. The number of halogens is 1. The van der Waals surface area contributed by atoms with Crippen molar-refractivity contribution in [2.24, 2.45) is 0 Å². The maximum atomic E-state index is 12.3. The highest BCUT2D eigenvalue weighted by molar-refractivity contribution is 9.10. The van der Waals surface area contributed by atoms with Gasteiger partial charge in [0.2, 0.25) is 0 Å². The van der Waals surface area contributed by atoms with Crippen LogP contribution >= 0.6 is 15.9 Å². The second kappa shape index (κ2) is 5.63. The third-order valence-electron chi connectivity index (χ3n) is 4.26. The first-order chi connectivity index (χ1) is 9.24. The van der Waals surface area contributed by atoms with Crippen LogP contribution in [0.15, 0.2) is 28.7 Å². The van der Waals surface area contributed by atoms with Gasteiger partial charge in [-0.15, -0.1) is 0 Å². The van der Waals surface area contributed by atoms with Crippen LogP contribution in [0, 0.1) is 0 Å². The molecule has 1 amide bonds. The van der Waals surface area contributed by atoms with E-state index in [1.54, 1.807) is 0 Å². The first-order valence-corrected chi connectivity index (χ1v) is 7.84. The van der Waals surface area contributed by atoms with Crippen LogP contribution in [-0.4, -0.2) is 36.0 Å². The number of benzene rings is 1. The monoisotopic (exact) mass is 322 g/mol. The zero-order chi connectivity index (χ0) is 13.2. The van der Waals surface area contributed by atoms with Crippen molar-refractivity contribution in [1.29, 1.82) is 0 Å². The number of piperidine rings is 1. The number of amides is 1. The summed E-state index contributed by atoms with van der Waals surface area (Å²) >= 11 is 3.41. The van der Waals surface area contributed by atoms with Crippen LogP contribution in [-0.2, 0) is 0 Å². The van der Waals surface area contributed by atoms with Crippen LogP contribution in [0.4, 0.5) is 0 Å². The van der Waals surface area contributed by atoms with Gasteiger partial charge in [-0.1, -0.05) is 28.4 Å². The van der Waals surface area contributed by atoms with E-state index in [0.717, 1.165) is 23.0 Å². The molecule has 0 spiro atoms. The molecule has 2 saturated heterocycles. The van der Waals surface area contributed by atoms with E-state index in [4.69, 9.17) is 0 Å². The number of hydrogen-bond acceptors (Lipinski definition) is 2. The molecule has 2 unspecified atom stereocenters. The lowest BCUT2D eigenvalue weighted by Crippen LogP contribution is -2.46. The summed E-state index contributed by atoms with van der Waals surface area (Å²) in [7, 11) is 0. The molecule has 102 valence electrons. The fourth-order valence-electron chi connectivity index (χ4n) is 3.30. The molecule has 4 heteroatoms. The Labute approximate surface area is 122 Å². The number of carbonyl (C=O) groups is 1. The zero-order valence-corrected chi connectivity index (χ0v) is 12.5. The van der Waals surface area contributed by atoms with Gasteiger partial charge in [-0.05, 0) is 44.0 Å². The molecule has 19 heavy (non-hydrogen) atoms. The van der Waals surface area contributed by atoms with Crippen molar-refractivity contribution in [2.45, 2.75) is 37.8 Å². The summed E-state index contributed by atoms with van der Waals surface area (Å²) < 4.78 is 0.950. The van der Waals surface area contributed by atoms with Crippen LogP contribution < -0.4 is 5.32 Å². The van der Waals surface area contributed by atoms with Gasteiger partial charge < -0.3 is 5.32 Å². The molecule has 1 aromatic rings. The molecular formula is C15H19BrN2O. The Morgan fingerprint density at radius 1 is 1.26 bits per heavy atom. The lowest BCUT2D eigenvalue weighted by molar-refractivity contribution is 0.0915. The van der Waals surface area contributed by atoms with E-state index in [1.807, 2.05) is 24.3 Å². The van der Waals surface area contributed by atoms with Crippen LogP contribution in [0.1, 0.15) is 36.0 Å². The van der Waals surface area contributed by atoms with E-state index in [9.17, 15) is 4.79 Å². The Morgan fingerprint density at radius 2 is 2.16 bits per heavy atom. The van der Waals surface area contributed by atoms with Crippen molar-refractivity contribution in [3.63, 3.8) is 0 Å². The molecule has 0 bridgehead atoms. The average molecular weight is 323 g/mol. The Balaban J connectivity index is 1.66. The summed E-state index contributed by atoms with van der Waals surface area (Å²) in [5.41, 5.74) is 0.739. The number of nitrogens with one attached hydrogen (secondary N) is 1. The quantitative estimate of drug-likeness (QED) is 0.908. The van der Waals surface area contributed by atoms with Crippen molar-refractivity contribution < 1.29 is 4.79 Å². The van der Waals surface area contributed by atoms with Crippen LogP contribution in [0.25, 0.3) is 0 Å². The van der Waals surface area contributed by atoms with E-state index in [-0.39, 0.29) is 5.91 Å². The highest BCUT2D eigenvalue weighted by Crippen LogP contribution is 2.27. The average Bonchev–Trinajstić information content (AvgIpc) is 2.82. The van der Waals surface area contributed by atoms with Crippen molar-refractivity contribution in [2.75, 3.05) is 13.1 Å². The Bertz CT molecular complexity index is 477. The summed E-state index contributed by atoms with van der Waals surface area (Å²) in [4.78, 5) is 14.8. The minimum atomic E-state index is 0.0544. The Morgan fingerprint density at radius 3 is 3.00 bits per heavy atom. The van der Waals surface area contributed by atoms with E-state index in [2.05, 4.69) is 26.1 Å². The molecule has 1 aromatic carbocycles. The van der Waals surface area contributed by atoms with Gasteiger partial charge in [-0.2, -0.15) is 0 Å². The summed E-state index contributed by atoms with van der Waals surface area (Å²) in [5.74, 6) is 0.0544. The van der Waals surface area contributed by atoms with Gasteiger partial charge >= 0.3 is 0 Å². The van der Waals surface area contributed by atoms with Crippen LogP contribution in [0.2, 0.25) is 0 Å². The van der Waals surface area contributed by atoms with Crippen LogP contribution in [0.3, 0.4) is 0 Å². The summed E-state index contributed by atoms with van der Waals surface area (Å²) in [5, 5.41) is 3.22. The first kappa shape index (κ1) is 13.1. The highest BCUT2D eigenvalue weighted by Gasteiger charge is 2.36. The topological polar surface area (TPSA) is 32.3 Å². The van der Waals surface area contributed by atoms with Gasteiger partial charge in [0.15, 0.2) is 0 Å². The van der Waals surface area contributed by atoms with Crippen molar-refractivity contribution in [3.8, 4) is 0 Å². The molecular weight excluding hydrogens is 304 g/mol. The molecule has 0 aliphatic carbocycles. The number of carbonyl (C=O) groups excluding carboxylic acids is 1. The number of hydrogen-bond donors (Lipinski definition) is 1. The number of nitrogens with zero attached hydrogens (tertiary/aromatic N) is 1. The summed E-state index contributed by atoms with van der Waals surface area (Å²) in [6, 6.07) is 8.48. The lowest BCUT2D eigenvalue weighted by atomic mass is 9.99. The predicted octanol–water partition coefficient (Wildman–Crippen LogP) is 2.81. The van der Waals surface area contributed by atoms with Gasteiger partial charge in [0.1, 0.15) is 0 Å². The molecule has 3 rings (SSSR count). The molecule has 3 nitrogen and oxygen atoms in total. The fraction of sp³-hybridized carbons (Fsp3) is 0.533. The fourth-order valence-corrected chi connectivity index (χ4v) is 3.70. The molecule has 2 heterocycles. The Kier molecular flexibility index (Phi) is 3.89. The summed E-state index contributed by atoms with van der Waals surface area (Å²) in [6.45, 7) is 2.34. The maximum absolute atomic E-state index is 12.3. The SMILES string of the molecule is O=C(NC1CCN2CCCCC12)c1cccc(Br)c1. The molecule has 2 aliphatic rings. The lowest BCUT2D eigenvalue weighted by Gasteiger charge is -2.32. The molecule has 2 fully saturated rings. The van der Waals surface area contributed by atoms with E-state index in [1.165, 1.54) is 25.8 Å². The summed E-state index contributed by atoms with van der Waals surface area (Å²) in [6.07, 6.45) is 4.92. The molecule has 1 N–H and O–H groups in total. The number of rotatable bonds is 2. The standard InChI is InChI=1S/C15H19BrN2O/c16-12-5-3-4-11(10-12)15(19)17-13-7-9-18-8-2-1-6-14(13)18/h3-5,10,13-14H,1-2,6-9H2,(H,17,19). The predicted molar refractivity (Wildman–Crippen MR) is 79.2 cm³/mol. The minimum Gasteiger partial charge on any atom is -0.348 e. The van der Waals surface area contributed by atoms with Crippen LogP contribution in [0.5, 0.6) is 0 Å². The molecule has 2 aliphatic heterocycles. The highest BCUT2D eigenvalue weighted by atomic mass is 79.9. The maximum Gasteiger partial charge on any atom is 0.251 e. The van der Waals surface area contributed by atoms with Crippen molar-refractivity contribution >= 4 is 21.8 Å². The van der Waals surface area contributed by atoms with Crippen molar-refractivity contribution in [3.05, 3.63) is 34.3 Å². The second-order valence-corrected chi connectivity index (χ2v) is 6.39. The third kappa shape index (κ3) is 2.84. The van der Waals surface area contributed by atoms with Gasteiger partial charge in [0.05, 0.1) is 0 Å². The third-order valence-corrected chi connectivity index (χ3v) is 4.75.